The molecule has 28 heavy (non-hydrogen) atoms. The molecule has 0 radical (unpaired) electrons. The minimum absolute atomic E-state index is 0.0121. The average molecular weight is 379 g/mol. The van der Waals surface area contributed by atoms with Gasteiger partial charge in [0.05, 0.1) is 6.54 Å². The van der Waals surface area contributed by atoms with Crippen LogP contribution in [0.4, 0.5) is 0 Å². The molecule has 144 valence electrons. The van der Waals surface area contributed by atoms with Gasteiger partial charge in [-0.05, 0) is 12.1 Å². The van der Waals surface area contributed by atoms with E-state index >= 15 is 0 Å². The molecule has 4 rings (SSSR count). The highest BCUT2D eigenvalue weighted by atomic mass is 16.6. The number of aryl methyl sites for hydroxylation is 1. The third-order valence-corrected chi connectivity index (χ3v) is 4.52. The monoisotopic (exact) mass is 379 g/mol. The fourth-order valence-electron chi connectivity index (χ4n) is 3.03. The second kappa shape index (κ2) is 8.12. The predicted octanol–water partition coefficient (Wildman–Crippen LogP) is 2.97. The standard InChI is InChI=1S/C21H21N3O4/c1-24(13-16-14-26-17-9-5-6-10-18(17)27-16)20(25)12-11-19-22-21(23-28-19)15-7-3-2-4-8-15/h2-10,16H,11-14H2,1H3/t16-/m0/s1. The molecule has 0 bridgehead atoms. The van der Waals surface area contributed by atoms with Crippen LogP contribution in [0.25, 0.3) is 11.4 Å². The second-order valence-corrected chi connectivity index (χ2v) is 6.65. The van der Waals surface area contributed by atoms with E-state index < -0.39 is 0 Å². The van der Waals surface area contributed by atoms with E-state index in [1.165, 1.54) is 0 Å². The highest BCUT2D eigenvalue weighted by Crippen LogP contribution is 2.31. The van der Waals surface area contributed by atoms with Crippen LogP contribution in [0.1, 0.15) is 12.3 Å². The van der Waals surface area contributed by atoms with Crippen molar-refractivity contribution in [2.45, 2.75) is 18.9 Å². The molecule has 2 aromatic carbocycles. The number of carbonyl (C=O) groups excluding carboxylic acids is 1. The van der Waals surface area contributed by atoms with E-state index in [1.807, 2.05) is 54.6 Å². The number of hydrogen-bond donors (Lipinski definition) is 0. The first-order chi connectivity index (χ1) is 13.7. The Morgan fingerprint density at radius 3 is 2.68 bits per heavy atom. The molecule has 0 saturated heterocycles. The van der Waals surface area contributed by atoms with Crippen LogP contribution >= 0.6 is 0 Å². The first kappa shape index (κ1) is 18.0. The molecule has 0 unspecified atom stereocenters. The number of carbonyl (C=O) groups is 1. The van der Waals surface area contributed by atoms with Crippen molar-refractivity contribution in [3.63, 3.8) is 0 Å². The van der Waals surface area contributed by atoms with Crippen LogP contribution in [0.2, 0.25) is 0 Å². The van der Waals surface area contributed by atoms with Gasteiger partial charge in [0.2, 0.25) is 17.6 Å². The van der Waals surface area contributed by atoms with Gasteiger partial charge in [0.1, 0.15) is 6.61 Å². The highest BCUT2D eigenvalue weighted by molar-refractivity contribution is 5.76. The lowest BCUT2D eigenvalue weighted by Gasteiger charge is -2.29. The van der Waals surface area contributed by atoms with E-state index in [0.29, 0.717) is 37.0 Å². The quantitative estimate of drug-likeness (QED) is 0.655. The maximum Gasteiger partial charge on any atom is 0.227 e. The second-order valence-electron chi connectivity index (χ2n) is 6.65. The summed E-state index contributed by atoms with van der Waals surface area (Å²) in [6.45, 7) is 0.866. The van der Waals surface area contributed by atoms with Gasteiger partial charge >= 0.3 is 0 Å². The fraction of sp³-hybridized carbons (Fsp3) is 0.286. The zero-order valence-corrected chi connectivity index (χ0v) is 15.6. The van der Waals surface area contributed by atoms with Gasteiger partial charge in [-0.3, -0.25) is 4.79 Å². The molecule has 1 aliphatic heterocycles. The number of ether oxygens (including phenoxy) is 2. The SMILES string of the molecule is CN(C[C@H]1COc2ccccc2O1)C(=O)CCc1nc(-c2ccccc2)no1. The lowest BCUT2D eigenvalue weighted by Crippen LogP contribution is -2.41. The van der Waals surface area contributed by atoms with Gasteiger partial charge in [0, 0.05) is 25.5 Å². The zero-order chi connectivity index (χ0) is 19.3. The van der Waals surface area contributed by atoms with Crippen molar-refractivity contribution in [1.82, 2.24) is 15.0 Å². The Bertz CT molecular complexity index is 942. The van der Waals surface area contributed by atoms with Gasteiger partial charge in [0.15, 0.2) is 17.6 Å². The molecule has 1 aliphatic rings. The maximum atomic E-state index is 12.5. The third kappa shape index (κ3) is 4.14. The average Bonchev–Trinajstić information content (AvgIpc) is 3.21. The molecular weight excluding hydrogens is 358 g/mol. The number of amides is 1. The van der Waals surface area contributed by atoms with E-state index in [1.54, 1.807) is 11.9 Å². The molecule has 7 nitrogen and oxygen atoms in total. The number of fused-ring (bicyclic) bond motifs is 1. The van der Waals surface area contributed by atoms with Crippen molar-refractivity contribution < 1.29 is 18.8 Å². The first-order valence-corrected chi connectivity index (χ1v) is 9.19. The smallest absolute Gasteiger partial charge is 0.227 e. The Balaban J connectivity index is 1.28. The third-order valence-electron chi connectivity index (χ3n) is 4.52. The first-order valence-electron chi connectivity index (χ1n) is 9.19. The molecule has 0 fully saturated rings. The summed E-state index contributed by atoms with van der Waals surface area (Å²) in [7, 11) is 1.76. The fourth-order valence-corrected chi connectivity index (χ4v) is 3.03. The molecule has 0 aliphatic carbocycles. The number of nitrogens with zero attached hydrogens (tertiary/aromatic N) is 3. The molecule has 7 heteroatoms. The Morgan fingerprint density at radius 1 is 1.11 bits per heavy atom. The summed E-state index contributed by atoms with van der Waals surface area (Å²) in [6, 6.07) is 17.1. The van der Waals surface area contributed by atoms with Gasteiger partial charge < -0.3 is 18.9 Å². The Morgan fingerprint density at radius 2 is 1.86 bits per heavy atom. The number of hydrogen-bond acceptors (Lipinski definition) is 6. The zero-order valence-electron chi connectivity index (χ0n) is 15.6. The number of benzene rings is 2. The van der Waals surface area contributed by atoms with Crippen LogP contribution in [-0.4, -0.2) is 47.3 Å². The van der Waals surface area contributed by atoms with E-state index in [9.17, 15) is 4.79 Å². The predicted molar refractivity (Wildman–Crippen MR) is 102 cm³/mol. The van der Waals surface area contributed by atoms with Crippen LogP contribution in [-0.2, 0) is 11.2 Å². The van der Waals surface area contributed by atoms with Crippen molar-refractivity contribution in [3.05, 3.63) is 60.5 Å². The molecule has 0 N–H and O–H groups in total. The number of para-hydroxylation sites is 2. The van der Waals surface area contributed by atoms with Gasteiger partial charge in [-0.15, -0.1) is 0 Å². The van der Waals surface area contributed by atoms with Gasteiger partial charge in [-0.2, -0.15) is 4.98 Å². The Labute approximate surface area is 162 Å². The summed E-state index contributed by atoms with van der Waals surface area (Å²) in [5.41, 5.74) is 0.885. The van der Waals surface area contributed by atoms with Crippen molar-refractivity contribution in [3.8, 4) is 22.9 Å². The topological polar surface area (TPSA) is 77.7 Å². The van der Waals surface area contributed by atoms with E-state index in [0.717, 1.165) is 11.3 Å². The summed E-state index contributed by atoms with van der Waals surface area (Å²) < 4.78 is 16.9. The van der Waals surface area contributed by atoms with Crippen LogP contribution in [0.15, 0.2) is 59.1 Å². The van der Waals surface area contributed by atoms with E-state index in [-0.39, 0.29) is 18.4 Å². The highest BCUT2D eigenvalue weighted by Gasteiger charge is 2.24. The van der Waals surface area contributed by atoms with E-state index in [4.69, 9.17) is 14.0 Å². The summed E-state index contributed by atoms with van der Waals surface area (Å²) in [6.07, 6.45) is 0.488. The Hall–Kier alpha value is -3.35. The van der Waals surface area contributed by atoms with Crippen LogP contribution < -0.4 is 9.47 Å². The summed E-state index contributed by atoms with van der Waals surface area (Å²) >= 11 is 0. The van der Waals surface area contributed by atoms with Gasteiger partial charge in [-0.25, -0.2) is 0 Å². The minimum Gasteiger partial charge on any atom is -0.486 e. The number of likely N-dealkylation sites (N-methyl/N-ethyl adjacent to an activating group) is 1. The molecule has 3 aromatic rings. The van der Waals surface area contributed by atoms with Crippen molar-refractivity contribution >= 4 is 5.91 Å². The normalized spacial score (nSPS) is 15.2. The lowest BCUT2D eigenvalue weighted by atomic mass is 10.2. The molecule has 0 saturated carbocycles. The molecule has 1 amide bonds. The molecule has 1 aromatic heterocycles. The molecule has 1 atom stereocenters. The Kier molecular flexibility index (Phi) is 5.23. The largest absolute Gasteiger partial charge is 0.486 e. The number of rotatable bonds is 6. The van der Waals surface area contributed by atoms with Crippen LogP contribution in [0, 0.1) is 0 Å². The van der Waals surface area contributed by atoms with Crippen LogP contribution in [0.5, 0.6) is 11.5 Å². The summed E-state index contributed by atoms with van der Waals surface area (Å²) in [4.78, 5) is 18.5. The minimum atomic E-state index is -0.197. The summed E-state index contributed by atoms with van der Waals surface area (Å²) in [5.74, 6) is 2.41. The maximum absolute atomic E-state index is 12.5. The van der Waals surface area contributed by atoms with Gasteiger partial charge in [-0.1, -0.05) is 47.6 Å². The van der Waals surface area contributed by atoms with Crippen LogP contribution in [0.3, 0.4) is 0 Å². The van der Waals surface area contributed by atoms with Crippen molar-refractivity contribution in [2.75, 3.05) is 20.2 Å². The molecule has 2 heterocycles. The number of aromatic nitrogens is 2. The summed E-state index contributed by atoms with van der Waals surface area (Å²) in [5, 5.41) is 3.98. The van der Waals surface area contributed by atoms with Crippen molar-refractivity contribution in [1.29, 1.82) is 0 Å². The molecule has 0 spiro atoms. The molecular formula is C21H21N3O4. The lowest BCUT2D eigenvalue weighted by molar-refractivity contribution is -0.131. The van der Waals surface area contributed by atoms with Gasteiger partial charge in [0.25, 0.3) is 0 Å². The van der Waals surface area contributed by atoms with Crippen molar-refractivity contribution in [2.24, 2.45) is 0 Å². The van der Waals surface area contributed by atoms with E-state index in [2.05, 4.69) is 10.1 Å².